The minimum Gasteiger partial charge on any atom is -0.388 e. The Bertz CT molecular complexity index is 559. The Morgan fingerprint density at radius 2 is 1.89 bits per heavy atom. The number of aliphatic hydroxyl groups excluding tert-OH is 1. The average Bonchev–Trinajstić information content (AvgIpc) is 3.18. The molecule has 19 heavy (non-hydrogen) atoms. The highest BCUT2D eigenvalue weighted by molar-refractivity contribution is 6.30. The minimum atomic E-state index is -0.414. The SMILES string of the molecule is Cc1cc(Cl)cc(C(O)C2CC2c2ccccc2)c1. The van der Waals surface area contributed by atoms with Gasteiger partial charge in [0, 0.05) is 5.02 Å². The van der Waals surface area contributed by atoms with Crippen LogP contribution in [0.15, 0.2) is 48.5 Å². The van der Waals surface area contributed by atoms with Crippen LogP contribution in [0.2, 0.25) is 5.02 Å². The molecule has 0 radical (unpaired) electrons. The largest absolute Gasteiger partial charge is 0.388 e. The smallest absolute Gasteiger partial charge is 0.0824 e. The lowest BCUT2D eigenvalue weighted by molar-refractivity contribution is 0.151. The van der Waals surface area contributed by atoms with Crippen molar-refractivity contribution in [2.24, 2.45) is 5.92 Å². The Labute approximate surface area is 118 Å². The van der Waals surface area contributed by atoms with Crippen molar-refractivity contribution in [2.75, 3.05) is 0 Å². The second kappa shape index (κ2) is 4.99. The first kappa shape index (κ1) is 12.7. The van der Waals surface area contributed by atoms with E-state index in [0.717, 1.165) is 17.5 Å². The molecule has 2 aromatic carbocycles. The number of halogens is 1. The van der Waals surface area contributed by atoms with Crippen LogP contribution in [0, 0.1) is 12.8 Å². The number of hydrogen-bond donors (Lipinski definition) is 1. The molecule has 1 N–H and O–H groups in total. The van der Waals surface area contributed by atoms with Gasteiger partial charge in [-0.05, 0) is 54.0 Å². The number of hydrogen-bond acceptors (Lipinski definition) is 1. The number of benzene rings is 2. The molecule has 1 aliphatic carbocycles. The van der Waals surface area contributed by atoms with E-state index in [1.807, 2.05) is 31.2 Å². The monoisotopic (exact) mass is 272 g/mol. The van der Waals surface area contributed by atoms with Crippen LogP contribution in [-0.4, -0.2) is 5.11 Å². The summed E-state index contributed by atoms with van der Waals surface area (Å²) in [6.07, 6.45) is 0.638. The second-order valence-electron chi connectivity index (χ2n) is 5.42. The highest BCUT2D eigenvalue weighted by Gasteiger charge is 2.43. The Morgan fingerprint density at radius 3 is 2.58 bits per heavy atom. The van der Waals surface area contributed by atoms with Crippen LogP contribution in [0.4, 0.5) is 0 Å². The summed E-state index contributed by atoms with van der Waals surface area (Å²) in [6.45, 7) is 2.00. The summed E-state index contributed by atoms with van der Waals surface area (Å²) in [5.41, 5.74) is 3.36. The van der Waals surface area contributed by atoms with E-state index in [9.17, 15) is 5.11 Å². The van der Waals surface area contributed by atoms with Gasteiger partial charge in [-0.2, -0.15) is 0 Å². The Morgan fingerprint density at radius 1 is 1.16 bits per heavy atom. The fourth-order valence-electron chi connectivity index (χ4n) is 2.83. The van der Waals surface area contributed by atoms with Gasteiger partial charge in [0.25, 0.3) is 0 Å². The molecular formula is C17H17ClO. The van der Waals surface area contributed by atoms with Crippen molar-refractivity contribution in [1.82, 2.24) is 0 Å². The van der Waals surface area contributed by atoms with Crippen molar-refractivity contribution in [1.29, 1.82) is 0 Å². The molecular weight excluding hydrogens is 256 g/mol. The van der Waals surface area contributed by atoms with Crippen LogP contribution in [0.5, 0.6) is 0 Å². The summed E-state index contributed by atoms with van der Waals surface area (Å²) in [4.78, 5) is 0. The van der Waals surface area contributed by atoms with E-state index in [0.29, 0.717) is 16.9 Å². The van der Waals surface area contributed by atoms with Gasteiger partial charge in [-0.3, -0.25) is 0 Å². The molecule has 0 aromatic heterocycles. The molecule has 0 spiro atoms. The maximum Gasteiger partial charge on any atom is 0.0824 e. The summed E-state index contributed by atoms with van der Waals surface area (Å²) in [5.74, 6) is 0.802. The van der Waals surface area contributed by atoms with E-state index in [1.54, 1.807) is 0 Å². The van der Waals surface area contributed by atoms with Crippen LogP contribution < -0.4 is 0 Å². The first-order chi connectivity index (χ1) is 9.15. The predicted octanol–water partition coefficient (Wildman–Crippen LogP) is 4.49. The molecule has 3 unspecified atom stereocenters. The van der Waals surface area contributed by atoms with Crippen molar-refractivity contribution in [3.8, 4) is 0 Å². The van der Waals surface area contributed by atoms with Crippen LogP contribution in [0.25, 0.3) is 0 Å². The Balaban J connectivity index is 1.78. The first-order valence-corrected chi connectivity index (χ1v) is 7.03. The highest BCUT2D eigenvalue weighted by atomic mass is 35.5. The molecule has 1 saturated carbocycles. The first-order valence-electron chi connectivity index (χ1n) is 6.65. The third-order valence-corrected chi connectivity index (χ3v) is 4.10. The zero-order valence-corrected chi connectivity index (χ0v) is 11.6. The molecule has 0 aliphatic heterocycles. The second-order valence-corrected chi connectivity index (χ2v) is 5.86. The summed E-state index contributed by atoms with van der Waals surface area (Å²) < 4.78 is 0. The van der Waals surface area contributed by atoms with Crippen molar-refractivity contribution in [3.63, 3.8) is 0 Å². The standard InChI is InChI=1S/C17H17ClO/c1-11-7-13(9-14(18)8-11)17(19)16-10-15(16)12-5-3-2-4-6-12/h2-9,15-17,19H,10H2,1H3. The molecule has 3 rings (SSSR count). The summed E-state index contributed by atoms with van der Waals surface area (Å²) >= 11 is 6.06. The molecule has 0 bridgehead atoms. The normalized spacial score (nSPS) is 23.1. The lowest BCUT2D eigenvalue weighted by atomic mass is 10.00. The molecule has 3 atom stereocenters. The zero-order valence-electron chi connectivity index (χ0n) is 10.9. The third-order valence-electron chi connectivity index (χ3n) is 3.88. The summed E-state index contributed by atoms with van der Waals surface area (Å²) in [6, 6.07) is 16.2. The summed E-state index contributed by atoms with van der Waals surface area (Å²) in [5, 5.41) is 11.2. The molecule has 0 saturated heterocycles. The van der Waals surface area contributed by atoms with Gasteiger partial charge >= 0.3 is 0 Å². The maximum absolute atomic E-state index is 10.5. The van der Waals surface area contributed by atoms with Gasteiger partial charge in [-0.1, -0.05) is 48.0 Å². The van der Waals surface area contributed by atoms with Gasteiger partial charge < -0.3 is 5.11 Å². The quantitative estimate of drug-likeness (QED) is 0.873. The fraction of sp³-hybridized carbons (Fsp3) is 0.294. The van der Waals surface area contributed by atoms with Gasteiger partial charge in [0.1, 0.15) is 0 Å². The van der Waals surface area contributed by atoms with Gasteiger partial charge in [0.2, 0.25) is 0 Å². The van der Waals surface area contributed by atoms with E-state index in [4.69, 9.17) is 11.6 Å². The van der Waals surface area contributed by atoms with E-state index in [1.165, 1.54) is 5.56 Å². The lowest BCUT2D eigenvalue weighted by Crippen LogP contribution is -2.02. The van der Waals surface area contributed by atoms with Crippen molar-refractivity contribution in [3.05, 3.63) is 70.2 Å². The Hall–Kier alpha value is -1.31. The molecule has 98 valence electrons. The molecule has 1 fully saturated rings. The number of rotatable bonds is 3. The summed E-state index contributed by atoms with van der Waals surface area (Å²) in [7, 11) is 0. The molecule has 0 amide bonds. The van der Waals surface area contributed by atoms with Crippen molar-refractivity contribution in [2.45, 2.75) is 25.4 Å². The topological polar surface area (TPSA) is 20.2 Å². The van der Waals surface area contributed by atoms with E-state index in [-0.39, 0.29) is 0 Å². The molecule has 2 aromatic rings. The molecule has 1 nitrogen and oxygen atoms in total. The predicted molar refractivity (Wildman–Crippen MR) is 78.4 cm³/mol. The molecule has 1 aliphatic rings. The van der Waals surface area contributed by atoms with Crippen molar-refractivity contribution < 1.29 is 5.11 Å². The maximum atomic E-state index is 10.5. The van der Waals surface area contributed by atoms with Crippen LogP contribution in [0.3, 0.4) is 0 Å². The van der Waals surface area contributed by atoms with Crippen LogP contribution >= 0.6 is 11.6 Å². The fourth-order valence-corrected chi connectivity index (χ4v) is 3.13. The van der Waals surface area contributed by atoms with Gasteiger partial charge in [0.05, 0.1) is 6.10 Å². The number of aryl methyl sites for hydroxylation is 1. The molecule has 2 heteroatoms. The minimum absolute atomic E-state index is 0.320. The Kier molecular flexibility index (Phi) is 3.34. The van der Waals surface area contributed by atoms with Crippen LogP contribution in [0.1, 0.15) is 35.1 Å². The van der Waals surface area contributed by atoms with Gasteiger partial charge in [-0.25, -0.2) is 0 Å². The van der Waals surface area contributed by atoms with Gasteiger partial charge in [0.15, 0.2) is 0 Å². The van der Waals surface area contributed by atoms with Gasteiger partial charge in [-0.15, -0.1) is 0 Å². The number of aliphatic hydroxyl groups is 1. The lowest BCUT2D eigenvalue weighted by Gasteiger charge is -2.12. The third kappa shape index (κ3) is 2.68. The molecule has 0 heterocycles. The average molecular weight is 273 g/mol. The van der Waals surface area contributed by atoms with Crippen molar-refractivity contribution >= 4 is 11.6 Å². The highest BCUT2D eigenvalue weighted by Crippen LogP contribution is 2.54. The van der Waals surface area contributed by atoms with E-state index < -0.39 is 6.10 Å². The van der Waals surface area contributed by atoms with E-state index in [2.05, 4.69) is 24.3 Å². The van der Waals surface area contributed by atoms with Crippen LogP contribution in [-0.2, 0) is 0 Å². The zero-order chi connectivity index (χ0) is 13.4. The van der Waals surface area contributed by atoms with E-state index >= 15 is 0 Å².